The fraction of sp³-hybridized carbons (Fsp3) is 0.304. The lowest BCUT2D eigenvalue weighted by molar-refractivity contribution is -0.141. The molecule has 0 saturated heterocycles. The molecule has 0 fully saturated rings. The molecule has 0 aliphatic carbocycles. The molecule has 2 aromatic heterocycles. The van der Waals surface area contributed by atoms with Crippen molar-refractivity contribution in [2.45, 2.75) is 45.8 Å². The molecule has 11 heteroatoms. The van der Waals surface area contributed by atoms with Crippen LogP contribution in [0.15, 0.2) is 42.6 Å². The molecule has 178 valence electrons. The SMILES string of the molecule is CCC(=O)C(=O)Cc1cccc(-c2nc(Nc3ccnc(C(F)(F)F)c3)nc(NC(C)C)n2)c1. The van der Waals surface area contributed by atoms with Gasteiger partial charge in [0.25, 0.3) is 0 Å². The second-order valence-corrected chi connectivity index (χ2v) is 7.73. The Balaban J connectivity index is 1.96. The summed E-state index contributed by atoms with van der Waals surface area (Å²) in [4.78, 5) is 40.0. The molecule has 2 N–H and O–H groups in total. The number of nitrogens with one attached hydrogen (secondary N) is 2. The normalized spacial score (nSPS) is 11.4. The summed E-state index contributed by atoms with van der Waals surface area (Å²) in [5, 5.41) is 5.82. The first-order chi connectivity index (χ1) is 16.0. The molecule has 0 spiro atoms. The quantitative estimate of drug-likeness (QED) is 0.435. The van der Waals surface area contributed by atoms with Gasteiger partial charge in [0.15, 0.2) is 11.6 Å². The van der Waals surface area contributed by atoms with Gasteiger partial charge in [-0.2, -0.15) is 28.1 Å². The number of Topliss-reactive ketones (excluding diaryl/α,β-unsaturated/α-hetero) is 2. The standard InChI is InChI=1S/C23H23F3N6O2/c1-4-17(33)18(34)11-14-6-5-7-15(10-14)20-30-21(28-13(2)3)32-22(31-20)29-16-8-9-27-19(12-16)23(24,25)26/h5-10,12-13H,4,11H2,1-3H3,(H2,27,28,29,30,31,32). The first-order valence-corrected chi connectivity index (χ1v) is 10.5. The Labute approximate surface area is 194 Å². The Bertz CT molecular complexity index is 1200. The number of carbonyl (C=O) groups is 2. The van der Waals surface area contributed by atoms with E-state index in [-0.39, 0.29) is 42.3 Å². The fourth-order valence-corrected chi connectivity index (χ4v) is 2.98. The van der Waals surface area contributed by atoms with Crippen molar-refractivity contribution in [1.82, 2.24) is 19.9 Å². The minimum Gasteiger partial charge on any atom is -0.352 e. The predicted molar refractivity (Wildman–Crippen MR) is 121 cm³/mol. The summed E-state index contributed by atoms with van der Waals surface area (Å²) in [6.45, 7) is 5.39. The molecular formula is C23H23F3N6O2. The van der Waals surface area contributed by atoms with Gasteiger partial charge in [-0.05, 0) is 37.6 Å². The van der Waals surface area contributed by atoms with Crippen LogP contribution >= 0.6 is 0 Å². The van der Waals surface area contributed by atoms with E-state index < -0.39 is 23.4 Å². The Morgan fingerprint density at radius 3 is 2.41 bits per heavy atom. The van der Waals surface area contributed by atoms with E-state index in [1.165, 1.54) is 6.07 Å². The van der Waals surface area contributed by atoms with Crippen LogP contribution in [-0.4, -0.2) is 37.5 Å². The van der Waals surface area contributed by atoms with Crippen LogP contribution in [0.25, 0.3) is 11.4 Å². The zero-order valence-corrected chi connectivity index (χ0v) is 18.8. The van der Waals surface area contributed by atoms with E-state index in [9.17, 15) is 22.8 Å². The van der Waals surface area contributed by atoms with E-state index in [0.717, 1.165) is 12.3 Å². The van der Waals surface area contributed by atoms with Crippen molar-refractivity contribution in [3.05, 3.63) is 53.9 Å². The highest BCUT2D eigenvalue weighted by Crippen LogP contribution is 2.29. The van der Waals surface area contributed by atoms with Crippen LogP contribution in [0.4, 0.5) is 30.8 Å². The molecule has 34 heavy (non-hydrogen) atoms. The molecular weight excluding hydrogens is 449 g/mol. The number of pyridine rings is 1. The minimum absolute atomic E-state index is 0.0233. The number of anilines is 3. The summed E-state index contributed by atoms with van der Waals surface area (Å²) in [5.74, 6) is -0.457. The number of rotatable bonds is 9. The van der Waals surface area contributed by atoms with Gasteiger partial charge in [-0.25, -0.2) is 0 Å². The van der Waals surface area contributed by atoms with Crippen LogP contribution in [0.5, 0.6) is 0 Å². The molecule has 0 aliphatic rings. The number of nitrogens with zero attached hydrogens (tertiary/aromatic N) is 4. The van der Waals surface area contributed by atoms with E-state index in [1.54, 1.807) is 31.2 Å². The first kappa shape index (κ1) is 24.7. The number of halogens is 3. The summed E-state index contributed by atoms with van der Waals surface area (Å²) in [6.07, 6.45) is -3.47. The maximum atomic E-state index is 13.0. The van der Waals surface area contributed by atoms with Crippen molar-refractivity contribution >= 4 is 29.2 Å². The van der Waals surface area contributed by atoms with E-state index in [1.807, 2.05) is 13.8 Å². The average Bonchev–Trinajstić information content (AvgIpc) is 2.77. The molecule has 0 unspecified atom stereocenters. The first-order valence-electron chi connectivity index (χ1n) is 10.5. The van der Waals surface area contributed by atoms with Gasteiger partial charge in [-0.3, -0.25) is 14.6 Å². The van der Waals surface area contributed by atoms with Crippen molar-refractivity contribution in [2.24, 2.45) is 0 Å². The average molecular weight is 472 g/mol. The Kier molecular flexibility index (Phi) is 7.54. The molecule has 0 aliphatic heterocycles. The molecule has 0 radical (unpaired) electrons. The summed E-state index contributed by atoms with van der Waals surface area (Å²) in [5.41, 5.74) is 0.220. The molecule has 1 aromatic carbocycles. The van der Waals surface area contributed by atoms with Crippen LogP contribution in [0.3, 0.4) is 0 Å². The van der Waals surface area contributed by atoms with Crippen LogP contribution in [0.1, 0.15) is 38.4 Å². The lowest BCUT2D eigenvalue weighted by Crippen LogP contribution is -2.15. The summed E-state index contributed by atoms with van der Waals surface area (Å²) >= 11 is 0. The summed E-state index contributed by atoms with van der Waals surface area (Å²) in [7, 11) is 0. The molecule has 2 heterocycles. The third-order valence-electron chi connectivity index (χ3n) is 4.54. The number of carbonyl (C=O) groups excluding carboxylic acids is 2. The Hall–Kier alpha value is -3.89. The van der Waals surface area contributed by atoms with Gasteiger partial charge in [0, 0.05) is 36.3 Å². The van der Waals surface area contributed by atoms with Crippen LogP contribution in [0, 0.1) is 0 Å². The molecule has 0 amide bonds. The predicted octanol–water partition coefficient (Wildman–Crippen LogP) is 4.61. The van der Waals surface area contributed by atoms with Gasteiger partial charge in [0.2, 0.25) is 17.7 Å². The van der Waals surface area contributed by atoms with Gasteiger partial charge < -0.3 is 10.6 Å². The number of alkyl halides is 3. The van der Waals surface area contributed by atoms with Crippen molar-refractivity contribution < 1.29 is 22.8 Å². The monoisotopic (exact) mass is 472 g/mol. The number of benzene rings is 1. The lowest BCUT2D eigenvalue weighted by Gasteiger charge is -2.13. The highest BCUT2D eigenvalue weighted by atomic mass is 19.4. The van der Waals surface area contributed by atoms with E-state index in [0.29, 0.717) is 11.1 Å². The van der Waals surface area contributed by atoms with Crippen LogP contribution in [0.2, 0.25) is 0 Å². The Morgan fingerprint density at radius 2 is 1.74 bits per heavy atom. The molecule has 8 nitrogen and oxygen atoms in total. The van der Waals surface area contributed by atoms with Crippen molar-refractivity contribution in [2.75, 3.05) is 10.6 Å². The van der Waals surface area contributed by atoms with Gasteiger partial charge >= 0.3 is 6.18 Å². The van der Waals surface area contributed by atoms with Gasteiger partial charge in [0.05, 0.1) is 0 Å². The zero-order chi connectivity index (χ0) is 24.9. The largest absolute Gasteiger partial charge is 0.433 e. The third kappa shape index (κ3) is 6.56. The smallest absolute Gasteiger partial charge is 0.352 e. The molecule has 0 saturated carbocycles. The highest BCUT2D eigenvalue weighted by molar-refractivity contribution is 6.37. The molecule has 0 bridgehead atoms. The summed E-state index contributed by atoms with van der Waals surface area (Å²) < 4.78 is 39.0. The summed E-state index contributed by atoms with van der Waals surface area (Å²) in [6, 6.07) is 9.04. The fourth-order valence-electron chi connectivity index (χ4n) is 2.98. The highest BCUT2D eigenvalue weighted by Gasteiger charge is 2.32. The van der Waals surface area contributed by atoms with Gasteiger partial charge in [0.1, 0.15) is 5.69 Å². The van der Waals surface area contributed by atoms with Crippen molar-refractivity contribution in [3.8, 4) is 11.4 Å². The topological polar surface area (TPSA) is 110 Å². The Morgan fingerprint density at radius 1 is 1.00 bits per heavy atom. The van der Waals surface area contributed by atoms with Gasteiger partial charge in [-0.15, -0.1) is 0 Å². The number of hydrogen-bond donors (Lipinski definition) is 2. The maximum absolute atomic E-state index is 13.0. The third-order valence-corrected chi connectivity index (χ3v) is 4.54. The van der Waals surface area contributed by atoms with Crippen LogP contribution in [-0.2, 0) is 22.2 Å². The molecule has 3 aromatic rings. The minimum atomic E-state index is -4.59. The number of hydrogen-bond acceptors (Lipinski definition) is 8. The van der Waals surface area contributed by atoms with E-state index in [2.05, 4.69) is 30.6 Å². The lowest BCUT2D eigenvalue weighted by atomic mass is 10.0. The van der Waals surface area contributed by atoms with Gasteiger partial charge in [-0.1, -0.05) is 25.1 Å². The zero-order valence-electron chi connectivity index (χ0n) is 18.8. The molecule has 3 rings (SSSR count). The second-order valence-electron chi connectivity index (χ2n) is 7.73. The second kappa shape index (κ2) is 10.4. The van der Waals surface area contributed by atoms with E-state index >= 15 is 0 Å². The number of ketones is 2. The van der Waals surface area contributed by atoms with Crippen molar-refractivity contribution in [3.63, 3.8) is 0 Å². The van der Waals surface area contributed by atoms with E-state index in [4.69, 9.17) is 0 Å². The van der Waals surface area contributed by atoms with Crippen molar-refractivity contribution in [1.29, 1.82) is 0 Å². The number of aromatic nitrogens is 4. The molecule has 0 atom stereocenters. The maximum Gasteiger partial charge on any atom is 0.433 e. The van der Waals surface area contributed by atoms with Crippen LogP contribution < -0.4 is 10.6 Å².